The smallest absolute Gasteiger partial charge is 0.221 e. The second-order valence-corrected chi connectivity index (χ2v) is 1.99. The number of carbonyl (C=O) groups excluding carboxylic acids is 1. The monoisotopic (exact) mass is 186 g/mol. The zero-order valence-electron chi connectivity index (χ0n) is 6.64. The molecule has 0 bridgehead atoms. The number of carbonyl (C=O) groups is 1. The predicted octanol–water partition coefficient (Wildman–Crippen LogP) is -0.591. The number of amides is 1. The molecule has 0 atom stereocenters. The highest BCUT2D eigenvalue weighted by Crippen LogP contribution is 2.23. The van der Waals surface area contributed by atoms with Gasteiger partial charge in [0.1, 0.15) is 17.2 Å². The van der Waals surface area contributed by atoms with E-state index in [2.05, 4.69) is 5.84 Å². The summed E-state index contributed by atoms with van der Waals surface area (Å²) in [5.41, 5.74) is 1.75. The van der Waals surface area contributed by atoms with Gasteiger partial charge in [0.2, 0.25) is 6.41 Å². The molecule has 72 valence electrons. The first-order chi connectivity index (χ1) is 6.10. The zero-order valence-corrected chi connectivity index (χ0v) is 6.64. The second-order valence-electron chi connectivity index (χ2n) is 1.99. The molecule has 1 amide bonds. The Labute approximate surface area is 74.2 Å². The highest BCUT2D eigenvalue weighted by molar-refractivity contribution is 5.44. The zero-order chi connectivity index (χ0) is 10.3. The number of rotatable bonds is 1. The van der Waals surface area contributed by atoms with Crippen LogP contribution >= 0.6 is 0 Å². The summed E-state index contributed by atoms with van der Waals surface area (Å²) < 4.78 is 0. The normalized spacial score (nSPS) is 8.08. The van der Waals surface area contributed by atoms with E-state index in [1.54, 1.807) is 5.43 Å². The molecule has 0 unspecified atom stereocenters. The van der Waals surface area contributed by atoms with E-state index in [0.717, 1.165) is 18.2 Å². The highest BCUT2D eigenvalue weighted by Gasteiger charge is 1.94. The number of nitrogens with one attached hydrogen (secondary N) is 1. The largest absolute Gasteiger partial charge is 0.508 e. The molecular formula is C7H10N2O4. The maximum atomic E-state index is 8.94. The van der Waals surface area contributed by atoms with Crippen molar-refractivity contribution in [2.45, 2.75) is 0 Å². The Hall–Kier alpha value is -1.95. The molecular weight excluding hydrogens is 176 g/mol. The van der Waals surface area contributed by atoms with Crippen molar-refractivity contribution < 1.29 is 20.1 Å². The van der Waals surface area contributed by atoms with Crippen LogP contribution in [0.25, 0.3) is 0 Å². The molecule has 1 rings (SSSR count). The first-order valence-corrected chi connectivity index (χ1v) is 3.22. The third-order valence-corrected chi connectivity index (χ3v) is 0.955. The molecule has 0 aliphatic rings. The van der Waals surface area contributed by atoms with Crippen molar-refractivity contribution in [1.82, 2.24) is 5.43 Å². The number of phenolic OH excluding ortho intramolecular Hbond substituents is 3. The number of hydrazine groups is 1. The summed E-state index contributed by atoms with van der Waals surface area (Å²) in [7, 11) is 0. The molecule has 0 aromatic heterocycles. The van der Waals surface area contributed by atoms with Crippen molar-refractivity contribution in [2.24, 2.45) is 5.84 Å². The lowest BCUT2D eigenvalue weighted by molar-refractivity contribution is -0.109. The number of phenols is 3. The summed E-state index contributed by atoms with van der Waals surface area (Å²) in [5.74, 6) is 3.97. The number of hydrogen-bond acceptors (Lipinski definition) is 5. The molecule has 1 aromatic carbocycles. The minimum absolute atomic E-state index is 0.146. The van der Waals surface area contributed by atoms with Crippen LogP contribution in [0.5, 0.6) is 17.2 Å². The third kappa shape index (κ3) is 5.33. The number of hydrogen-bond donors (Lipinski definition) is 5. The summed E-state index contributed by atoms with van der Waals surface area (Å²) >= 11 is 0. The van der Waals surface area contributed by atoms with Crippen LogP contribution in [0.2, 0.25) is 0 Å². The Balaban J connectivity index is 0.000000310. The Kier molecular flexibility index (Phi) is 4.82. The highest BCUT2D eigenvalue weighted by atomic mass is 16.3. The summed E-state index contributed by atoms with van der Waals surface area (Å²) in [4.78, 5) is 8.94. The van der Waals surface area contributed by atoms with Gasteiger partial charge in [-0.15, -0.1) is 0 Å². The van der Waals surface area contributed by atoms with Crippen LogP contribution in [0.1, 0.15) is 0 Å². The van der Waals surface area contributed by atoms with Crippen LogP contribution in [0, 0.1) is 0 Å². The lowest BCUT2D eigenvalue weighted by atomic mass is 10.3. The van der Waals surface area contributed by atoms with Gasteiger partial charge in [0.25, 0.3) is 0 Å². The summed E-state index contributed by atoms with van der Waals surface area (Å²) in [6.45, 7) is 0. The molecule has 0 aliphatic heterocycles. The van der Waals surface area contributed by atoms with Crippen LogP contribution < -0.4 is 11.3 Å². The van der Waals surface area contributed by atoms with E-state index >= 15 is 0 Å². The fourth-order valence-corrected chi connectivity index (χ4v) is 0.580. The predicted molar refractivity (Wildman–Crippen MR) is 44.8 cm³/mol. The van der Waals surface area contributed by atoms with E-state index in [4.69, 9.17) is 20.1 Å². The lowest BCUT2D eigenvalue weighted by Gasteiger charge is -1.94. The minimum atomic E-state index is -0.146. The van der Waals surface area contributed by atoms with Gasteiger partial charge in [-0.3, -0.25) is 10.2 Å². The maximum absolute atomic E-state index is 8.94. The third-order valence-electron chi connectivity index (χ3n) is 0.955. The first kappa shape index (κ1) is 11.1. The van der Waals surface area contributed by atoms with E-state index < -0.39 is 0 Å². The molecule has 0 saturated carbocycles. The molecule has 6 N–H and O–H groups in total. The summed E-state index contributed by atoms with van der Waals surface area (Å²) in [6, 6.07) is 3.42. The maximum Gasteiger partial charge on any atom is 0.221 e. The van der Waals surface area contributed by atoms with Gasteiger partial charge in [-0.05, 0) is 0 Å². The van der Waals surface area contributed by atoms with Crippen LogP contribution in [0.3, 0.4) is 0 Å². The second kappa shape index (κ2) is 5.67. The summed E-state index contributed by atoms with van der Waals surface area (Å²) in [6.07, 6.45) is 0.403. The SMILES string of the molecule is NNC=O.Oc1cc(O)cc(O)c1. The molecule has 13 heavy (non-hydrogen) atoms. The number of benzene rings is 1. The Morgan fingerprint density at radius 3 is 1.46 bits per heavy atom. The van der Waals surface area contributed by atoms with Gasteiger partial charge < -0.3 is 15.3 Å². The molecule has 0 spiro atoms. The quantitative estimate of drug-likeness (QED) is 0.174. The average molecular weight is 186 g/mol. The van der Waals surface area contributed by atoms with Crippen molar-refractivity contribution in [2.75, 3.05) is 0 Å². The van der Waals surface area contributed by atoms with Crippen LogP contribution in [0.4, 0.5) is 0 Å². The molecule has 6 nitrogen and oxygen atoms in total. The summed E-state index contributed by atoms with van der Waals surface area (Å²) in [5, 5.41) is 26.0. The van der Waals surface area contributed by atoms with Crippen molar-refractivity contribution in [3.63, 3.8) is 0 Å². The van der Waals surface area contributed by atoms with Crippen molar-refractivity contribution in [1.29, 1.82) is 0 Å². The van der Waals surface area contributed by atoms with Crippen LogP contribution in [-0.4, -0.2) is 21.7 Å². The van der Waals surface area contributed by atoms with Crippen LogP contribution in [0.15, 0.2) is 18.2 Å². The molecule has 6 heteroatoms. The fraction of sp³-hybridized carbons (Fsp3) is 0. The van der Waals surface area contributed by atoms with Crippen molar-refractivity contribution in [3.8, 4) is 17.2 Å². The van der Waals surface area contributed by atoms with E-state index in [1.807, 2.05) is 0 Å². The minimum Gasteiger partial charge on any atom is -0.508 e. The van der Waals surface area contributed by atoms with E-state index in [1.165, 1.54) is 0 Å². The van der Waals surface area contributed by atoms with E-state index in [9.17, 15) is 0 Å². The standard InChI is InChI=1S/C6H6O3.CH4N2O/c7-4-1-5(8)3-6(9)2-4;2-3-1-4/h1-3,7-9H;1H,2H2,(H,3,4). The Morgan fingerprint density at radius 2 is 1.31 bits per heavy atom. The van der Waals surface area contributed by atoms with Gasteiger partial charge in [-0.25, -0.2) is 5.84 Å². The van der Waals surface area contributed by atoms with Gasteiger partial charge in [-0.2, -0.15) is 0 Å². The first-order valence-electron chi connectivity index (χ1n) is 3.22. The van der Waals surface area contributed by atoms with Crippen molar-refractivity contribution in [3.05, 3.63) is 18.2 Å². The molecule has 0 heterocycles. The van der Waals surface area contributed by atoms with E-state index in [-0.39, 0.29) is 17.2 Å². The molecule has 0 saturated heterocycles. The lowest BCUT2D eigenvalue weighted by Crippen LogP contribution is -2.18. The van der Waals surface area contributed by atoms with Gasteiger partial charge in [0, 0.05) is 18.2 Å². The van der Waals surface area contributed by atoms with Gasteiger partial charge in [0.05, 0.1) is 0 Å². The molecule has 0 fully saturated rings. The number of nitrogens with two attached hydrogens (primary N) is 1. The Morgan fingerprint density at radius 1 is 1.08 bits per heavy atom. The molecule has 1 aromatic rings. The van der Waals surface area contributed by atoms with Crippen LogP contribution in [-0.2, 0) is 4.79 Å². The number of aromatic hydroxyl groups is 3. The van der Waals surface area contributed by atoms with Crippen molar-refractivity contribution >= 4 is 6.41 Å². The molecule has 0 radical (unpaired) electrons. The molecule has 0 aliphatic carbocycles. The van der Waals surface area contributed by atoms with E-state index in [0.29, 0.717) is 6.41 Å². The average Bonchev–Trinajstić information content (AvgIpc) is 2.02. The van der Waals surface area contributed by atoms with Gasteiger partial charge in [-0.1, -0.05) is 0 Å². The van der Waals surface area contributed by atoms with Gasteiger partial charge >= 0.3 is 0 Å². The topological polar surface area (TPSA) is 116 Å². The fourth-order valence-electron chi connectivity index (χ4n) is 0.580. The van der Waals surface area contributed by atoms with Gasteiger partial charge in [0.15, 0.2) is 0 Å². The Bertz CT molecular complexity index is 227.